The average Bonchev–Trinajstić information content (AvgIpc) is 2.72. The van der Waals surface area contributed by atoms with Crippen molar-refractivity contribution >= 4 is 17.5 Å². The molecule has 0 radical (unpaired) electrons. The van der Waals surface area contributed by atoms with Gasteiger partial charge in [-0.3, -0.25) is 14.4 Å². The second-order valence-electron chi connectivity index (χ2n) is 15.2. The number of hydrogen-bond acceptors (Lipinski definition) is 3. The molecule has 0 bridgehead atoms. The van der Waals surface area contributed by atoms with Gasteiger partial charge in [-0.15, -0.1) is 0 Å². The van der Waals surface area contributed by atoms with Crippen molar-refractivity contribution in [2.24, 2.45) is 56.2 Å². The molecule has 4 nitrogen and oxygen atoms in total. The third-order valence-corrected chi connectivity index (χ3v) is 13.2. The van der Waals surface area contributed by atoms with E-state index in [9.17, 15) is 19.5 Å². The molecule has 0 spiro atoms. The molecule has 5 rings (SSSR count). The number of carbonyl (C=O) groups excluding carboxylic acids is 2. The van der Waals surface area contributed by atoms with E-state index in [-0.39, 0.29) is 44.8 Å². The standard InChI is InChI=1S/C30H46O4/c1-25(2)12-14-30(24(33)34)15-13-29(7)23(18(30)17-25)19(31)16-21-27(5)10-9-22(32)26(3,4)20(27)8-11-28(21,29)6/h18,20-21,23H,8-17H2,1-7H3,(H,33,34)/t18?,20-,21+,23?,27-,28+,29+,30-/m0/s1. The summed E-state index contributed by atoms with van der Waals surface area (Å²) in [6.07, 6.45) is 8.19. The third-order valence-electron chi connectivity index (χ3n) is 13.2. The molecule has 0 aromatic heterocycles. The highest BCUT2D eigenvalue weighted by Crippen LogP contribution is 2.76. The van der Waals surface area contributed by atoms with Crippen LogP contribution in [-0.4, -0.2) is 22.6 Å². The molecule has 5 saturated carbocycles. The number of ketones is 2. The molecule has 4 heteroatoms. The molecule has 0 aromatic carbocycles. The van der Waals surface area contributed by atoms with E-state index in [4.69, 9.17) is 0 Å². The predicted octanol–water partition coefficient (Wildman–Crippen LogP) is 6.70. The molecule has 190 valence electrons. The first kappa shape index (κ1) is 24.5. The highest BCUT2D eigenvalue weighted by molar-refractivity contribution is 5.87. The second kappa shape index (κ2) is 6.97. The molecule has 0 aromatic rings. The molecule has 0 saturated heterocycles. The van der Waals surface area contributed by atoms with Gasteiger partial charge in [-0.2, -0.15) is 0 Å². The predicted molar refractivity (Wildman–Crippen MR) is 132 cm³/mol. The van der Waals surface area contributed by atoms with Crippen molar-refractivity contribution in [2.75, 3.05) is 0 Å². The lowest BCUT2D eigenvalue weighted by Crippen LogP contribution is -2.69. The Morgan fingerprint density at radius 2 is 1.47 bits per heavy atom. The van der Waals surface area contributed by atoms with Crippen molar-refractivity contribution in [1.82, 2.24) is 0 Å². The van der Waals surface area contributed by atoms with Crippen molar-refractivity contribution in [1.29, 1.82) is 0 Å². The molecular formula is C30H46O4. The molecule has 0 aliphatic heterocycles. The number of aliphatic carboxylic acids is 1. The van der Waals surface area contributed by atoms with Crippen LogP contribution in [0.25, 0.3) is 0 Å². The number of carboxylic acids is 1. The quantitative estimate of drug-likeness (QED) is 0.463. The van der Waals surface area contributed by atoms with Crippen LogP contribution in [0.5, 0.6) is 0 Å². The molecule has 2 unspecified atom stereocenters. The number of fused-ring (bicyclic) bond motifs is 7. The van der Waals surface area contributed by atoms with E-state index in [1.54, 1.807) is 0 Å². The lowest BCUT2D eigenvalue weighted by atomic mass is 9.31. The SMILES string of the molecule is CC1(C)CC[C@]2(C(=O)O)CC[C@]3(C)C(C(=O)C[C@@H]4[C@@]5(C)CCC(=O)C(C)(C)[C@@H]5CC[C@]43C)C2C1. The molecule has 34 heavy (non-hydrogen) atoms. The number of carbonyl (C=O) groups is 3. The maximum absolute atomic E-state index is 14.2. The van der Waals surface area contributed by atoms with Crippen LogP contribution in [0.15, 0.2) is 0 Å². The highest BCUT2D eigenvalue weighted by Gasteiger charge is 2.73. The lowest BCUT2D eigenvalue weighted by molar-refractivity contribution is -0.235. The van der Waals surface area contributed by atoms with E-state index >= 15 is 0 Å². The van der Waals surface area contributed by atoms with Gasteiger partial charge in [0, 0.05) is 24.2 Å². The fourth-order valence-corrected chi connectivity index (χ4v) is 10.9. The van der Waals surface area contributed by atoms with E-state index in [1.165, 1.54) is 0 Å². The summed E-state index contributed by atoms with van der Waals surface area (Å²) in [5, 5.41) is 10.5. The number of Topliss-reactive ketones (excluding diaryl/α,β-unsaturated/α-hetero) is 2. The summed E-state index contributed by atoms with van der Waals surface area (Å²) < 4.78 is 0. The number of rotatable bonds is 1. The van der Waals surface area contributed by atoms with Gasteiger partial charge in [-0.05, 0) is 90.8 Å². The smallest absolute Gasteiger partial charge is 0.309 e. The molecular weight excluding hydrogens is 424 g/mol. The number of carboxylic acid groups (broad SMARTS) is 1. The normalized spacial score (nSPS) is 51.5. The topological polar surface area (TPSA) is 71.4 Å². The molecule has 0 heterocycles. The lowest BCUT2D eigenvalue weighted by Gasteiger charge is -2.72. The Balaban J connectivity index is 1.60. The Kier molecular flexibility index (Phi) is 5.02. The van der Waals surface area contributed by atoms with Crippen LogP contribution in [0.2, 0.25) is 0 Å². The van der Waals surface area contributed by atoms with E-state index in [1.807, 2.05) is 0 Å². The zero-order valence-corrected chi connectivity index (χ0v) is 22.6. The second-order valence-corrected chi connectivity index (χ2v) is 15.2. The molecule has 8 atom stereocenters. The minimum Gasteiger partial charge on any atom is -0.481 e. The van der Waals surface area contributed by atoms with Gasteiger partial charge in [0.15, 0.2) is 0 Å². The summed E-state index contributed by atoms with van der Waals surface area (Å²) in [5.74, 6) is 0.423. The summed E-state index contributed by atoms with van der Waals surface area (Å²) in [4.78, 5) is 39.9. The van der Waals surface area contributed by atoms with Crippen LogP contribution in [0, 0.1) is 56.2 Å². The van der Waals surface area contributed by atoms with Crippen LogP contribution in [0.4, 0.5) is 0 Å². The van der Waals surface area contributed by atoms with Crippen LogP contribution >= 0.6 is 0 Å². The minimum atomic E-state index is -0.737. The Bertz CT molecular complexity index is 947. The summed E-state index contributed by atoms with van der Waals surface area (Å²) in [5.41, 5.74) is -1.17. The van der Waals surface area contributed by atoms with Crippen molar-refractivity contribution in [3.8, 4) is 0 Å². The minimum absolute atomic E-state index is 0.000449. The molecule has 1 N–H and O–H groups in total. The Labute approximate surface area is 206 Å². The summed E-state index contributed by atoms with van der Waals surface area (Å²) in [7, 11) is 0. The average molecular weight is 471 g/mol. The zero-order chi connectivity index (χ0) is 25.1. The first-order chi connectivity index (χ1) is 15.6. The zero-order valence-electron chi connectivity index (χ0n) is 22.6. The van der Waals surface area contributed by atoms with E-state index < -0.39 is 11.4 Å². The van der Waals surface area contributed by atoms with E-state index in [0.29, 0.717) is 43.2 Å². The largest absolute Gasteiger partial charge is 0.481 e. The summed E-state index contributed by atoms with van der Waals surface area (Å²) in [6.45, 7) is 16.0. The van der Waals surface area contributed by atoms with Crippen LogP contribution in [0.1, 0.15) is 113 Å². The van der Waals surface area contributed by atoms with Gasteiger partial charge in [0.25, 0.3) is 0 Å². The van der Waals surface area contributed by atoms with Gasteiger partial charge < -0.3 is 5.11 Å². The van der Waals surface area contributed by atoms with Gasteiger partial charge >= 0.3 is 5.97 Å². The van der Waals surface area contributed by atoms with Gasteiger partial charge in [-0.25, -0.2) is 0 Å². The Hall–Kier alpha value is -1.19. The maximum atomic E-state index is 14.2. The fraction of sp³-hybridized carbons (Fsp3) is 0.900. The van der Waals surface area contributed by atoms with Gasteiger partial charge in [-0.1, -0.05) is 48.5 Å². The number of hydrogen-bond donors (Lipinski definition) is 1. The van der Waals surface area contributed by atoms with Crippen molar-refractivity contribution < 1.29 is 19.5 Å². The fourth-order valence-electron chi connectivity index (χ4n) is 10.9. The monoisotopic (exact) mass is 470 g/mol. The molecule has 5 aliphatic carbocycles. The molecule has 5 fully saturated rings. The van der Waals surface area contributed by atoms with Crippen LogP contribution in [-0.2, 0) is 14.4 Å². The van der Waals surface area contributed by atoms with Crippen molar-refractivity contribution in [2.45, 2.75) is 113 Å². The first-order valence-corrected chi connectivity index (χ1v) is 13.8. The van der Waals surface area contributed by atoms with Crippen molar-refractivity contribution in [3.63, 3.8) is 0 Å². The summed E-state index contributed by atoms with van der Waals surface area (Å²) >= 11 is 0. The first-order valence-electron chi connectivity index (χ1n) is 13.8. The third kappa shape index (κ3) is 2.80. The van der Waals surface area contributed by atoms with E-state index in [2.05, 4.69) is 48.5 Å². The van der Waals surface area contributed by atoms with E-state index in [0.717, 1.165) is 38.5 Å². The molecule has 5 aliphatic rings. The van der Waals surface area contributed by atoms with Gasteiger partial charge in [0.2, 0.25) is 0 Å². The van der Waals surface area contributed by atoms with Crippen LogP contribution in [0.3, 0.4) is 0 Å². The highest BCUT2D eigenvalue weighted by atomic mass is 16.4. The Morgan fingerprint density at radius 1 is 0.824 bits per heavy atom. The van der Waals surface area contributed by atoms with Gasteiger partial charge in [0.05, 0.1) is 5.41 Å². The molecule has 0 amide bonds. The van der Waals surface area contributed by atoms with Crippen LogP contribution < -0.4 is 0 Å². The summed E-state index contributed by atoms with van der Waals surface area (Å²) in [6, 6.07) is 0. The Morgan fingerprint density at radius 3 is 2.12 bits per heavy atom. The maximum Gasteiger partial charge on any atom is 0.309 e. The van der Waals surface area contributed by atoms with Crippen molar-refractivity contribution in [3.05, 3.63) is 0 Å². The van der Waals surface area contributed by atoms with Gasteiger partial charge in [0.1, 0.15) is 11.6 Å².